The molecule has 2 N–H and O–H groups in total. The lowest BCUT2D eigenvalue weighted by atomic mass is 9.80. The van der Waals surface area contributed by atoms with Crippen LogP contribution in [0.25, 0.3) is 0 Å². The minimum Gasteiger partial charge on any atom is -0.477 e. The molecule has 8 heteroatoms. The summed E-state index contributed by atoms with van der Waals surface area (Å²) in [4.78, 5) is 10.6. The van der Waals surface area contributed by atoms with E-state index in [1.807, 2.05) is 0 Å². The Morgan fingerprint density at radius 1 is 1.58 bits per heavy atom. The van der Waals surface area contributed by atoms with Gasteiger partial charge < -0.3 is 9.84 Å². The molecule has 1 saturated carbocycles. The predicted octanol–water partition coefficient (Wildman–Crippen LogP) is 1.29. The first-order valence-electron chi connectivity index (χ1n) is 5.76. The molecule has 6 nitrogen and oxygen atoms in total. The van der Waals surface area contributed by atoms with Crippen LogP contribution in [0.4, 0.5) is 0 Å². The van der Waals surface area contributed by atoms with Crippen LogP contribution in [0.15, 0.2) is 16.3 Å². The molecule has 1 aliphatic rings. The Bertz CT molecular complexity index is 568. The number of hydrogen-bond donors (Lipinski definition) is 2. The molecule has 0 saturated heterocycles. The van der Waals surface area contributed by atoms with Crippen molar-refractivity contribution in [1.82, 2.24) is 4.72 Å². The van der Waals surface area contributed by atoms with Crippen molar-refractivity contribution in [2.24, 2.45) is 0 Å². The van der Waals surface area contributed by atoms with Crippen LogP contribution in [0.3, 0.4) is 0 Å². The molecular weight excluding hydrogens is 290 g/mol. The molecule has 0 radical (unpaired) electrons. The third-order valence-corrected chi connectivity index (χ3v) is 5.87. The molecule has 0 amide bonds. The maximum absolute atomic E-state index is 12.1. The summed E-state index contributed by atoms with van der Waals surface area (Å²) in [6, 6.07) is 1.30. The van der Waals surface area contributed by atoms with Crippen molar-refractivity contribution in [2.75, 3.05) is 13.7 Å². The summed E-state index contributed by atoms with van der Waals surface area (Å²) in [5, 5.41) is 10.4. The van der Waals surface area contributed by atoms with Gasteiger partial charge in [-0.15, -0.1) is 11.3 Å². The molecule has 2 rings (SSSR count). The first-order chi connectivity index (χ1) is 8.90. The summed E-state index contributed by atoms with van der Waals surface area (Å²) in [7, 11) is -2.26. The van der Waals surface area contributed by atoms with Crippen LogP contribution in [-0.2, 0) is 14.8 Å². The Kier molecular flexibility index (Phi) is 3.95. The molecule has 1 aromatic heterocycles. The van der Waals surface area contributed by atoms with E-state index in [9.17, 15) is 13.2 Å². The van der Waals surface area contributed by atoms with Gasteiger partial charge in [-0.1, -0.05) is 0 Å². The summed E-state index contributed by atoms with van der Waals surface area (Å²) >= 11 is 0.893. The summed E-state index contributed by atoms with van der Waals surface area (Å²) in [6.45, 7) is 0.167. The topological polar surface area (TPSA) is 92.7 Å². The van der Waals surface area contributed by atoms with Crippen LogP contribution in [0.5, 0.6) is 0 Å². The average molecular weight is 305 g/mol. The van der Waals surface area contributed by atoms with Crippen LogP contribution in [0.1, 0.15) is 28.9 Å². The lowest BCUT2D eigenvalue weighted by Gasteiger charge is -2.40. The second-order valence-corrected chi connectivity index (χ2v) is 7.14. The molecule has 0 spiro atoms. The zero-order valence-electron chi connectivity index (χ0n) is 10.4. The van der Waals surface area contributed by atoms with Gasteiger partial charge in [-0.3, -0.25) is 0 Å². The van der Waals surface area contributed by atoms with Crippen molar-refractivity contribution in [3.05, 3.63) is 16.3 Å². The van der Waals surface area contributed by atoms with E-state index in [0.29, 0.717) is 0 Å². The third kappa shape index (κ3) is 2.81. The standard InChI is InChI=1S/C11H15NO5S2/c1-17-11(4-2-5-11)7-12-19(15,16)8-3-6-18-9(8)10(13)14/h3,6,12H,2,4-5,7H2,1H3,(H,13,14). The summed E-state index contributed by atoms with van der Waals surface area (Å²) in [5.74, 6) is -1.24. The van der Waals surface area contributed by atoms with E-state index in [1.165, 1.54) is 11.4 Å². The molecule has 1 aliphatic carbocycles. The van der Waals surface area contributed by atoms with Gasteiger partial charge >= 0.3 is 5.97 Å². The first kappa shape index (κ1) is 14.4. The second kappa shape index (κ2) is 5.20. The molecule has 1 heterocycles. The van der Waals surface area contributed by atoms with Gasteiger partial charge in [0.2, 0.25) is 10.0 Å². The Hall–Kier alpha value is -0.960. The van der Waals surface area contributed by atoms with E-state index < -0.39 is 21.6 Å². The zero-order valence-corrected chi connectivity index (χ0v) is 12.0. The fraction of sp³-hybridized carbons (Fsp3) is 0.545. The molecule has 0 atom stereocenters. The molecule has 0 unspecified atom stereocenters. The van der Waals surface area contributed by atoms with Gasteiger partial charge in [0.1, 0.15) is 9.77 Å². The molecule has 0 bridgehead atoms. The molecule has 1 aromatic rings. The van der Waals surface area contributed by atoms with Gasteiger partial charge in [-0.2, -0.15) is 0 Å². The molecule has 19 heavy (non-hydrogen) atoms. The fourth-order valence-electron chi connectivity index (χ4n) is 1.99. The molecule has 1 fully saturated rings. The quantitative estimate of drug-likeness (QED) is 0.826. The van der Waals surface area contributed by atoms with Gasteiger partial charge in [0, 0.05) is 13.7 Å². The van der Waals surface area contributed by atoms with Gasteiger partial charge in [0.05, 0.1) is 5.60 Å². The van der Waals surface area contributed by atoms with Gasteiger partial charge in [0.25, 0.3) is 0 Å². The van der Waals surface area contributed by atoms with E-state index >= 15 is 0 Å². The predicted molar refractivity (Wildman–Crippen MR) is 70.1 cm³/mol. The molecular formula is C11H15NO5S2. The Labute approximate surface area is 115 Å². The lowest BCUT2D eigenvalue weighted by Crippen LogP contribution is -2.49. The molecule has 0 aliphatic heterocycles. The first-order valence-corrected chi connectivity index (χ1v) is 8.12. The third-order valence-electron chi connectivity index (χ3n) is 3.40. The number of nitrogens with one attached hydrogen (secondary N) is 1. The highest BCUT2D eigenvalue weighted by Crippen LogP contribution is 2.34. The summed E-state index contributed by atoms with van der Waals surface area (Å²) in [6.07, 6.45) is 2.62. The molecule has 106 valence electrons. The van der Waals surface area contributed by atoms with E-state index in [0.717, 1.165) is 30.6 Å². The Balaban J connectivity index is 2.14. The largest absolute Gasteiger partial charge is 0.477 e. The number of sulfonamides is 1. The number of carboxylic acid groups (broad SMARTS) is 1. The van der Waals surface area contributed by atoms with Gasteiger partial charge in [-0.05, 0) is 30.7 Å². The van der Waals surface area contributed by atoms with Crippen molar-refractivity contribution in [2.45, 2.75) is 29.8 Å². The highest BCUT2D eigenvalue weighted by atomic mass is 32.2. The average Bonchev–Trinajstić information content (AvgIpc) is 2.77. The minimum atomic E-state index is -3.81. The van der Waals surface area contributed by atoms with Crippen LogP contribution < -0.4 is 4.72 Å². The van der Waals surface area contributed by atoms with E-state index in [-0.39, 0.29) is 16.3 Å². The highest BCUT2D eigenvalue weighted by molar-refractivity contribution is 7.89. The van der Waals surface area contributed by atoms with E-state index in [4.69, 9.17) is 9.84 Å². The molecule has 0 aromatic carbocycles. The number of rotatable bonds is 6. The van der Waals surface area contributed by atoms with Crippen molar-refractivity contribution < 1.29 is 23.1 Å². The van der Waals surface area contributed by atoms with Gasteiger partial charge in [-0.25, -0.2) is 17.9 Å². The smallest absolute Gasteiger partial charge is 0.347 e. The van der Waals surface area contributed by atoms with Crippen molar-refractivity contribution in [3.8, 4) is 0 Å². The van der Waals surface area contributed by atoms with Gasteiger partial charge in [0.15, 0.2) is 0 Å². The number of aromatic carboxylic acids is 1. The SMILES string of the molecule is COC1(CNS(=O)(=O)c2ccsc2C(=O)O)CCC1. The zero-order chi connectivity index (χ0) is 14.1. The normalized spacial score (nSPS) is 17.9. The second-order valence-electron chi connectivity index (χ2n) is 4.48. The number of carboxylic acids is 1. The van der Waals surface area contributed by atoms with E-state index in [2.05, 4.69) is 4.72 Å². The Morgan fingerprint density at radius 2 is 2.26 bits per heavy atom. The number of ether oxygens (including phenoxy) is 1. The number of thiophene rings is 1. The van der Waals surface area contributed by atoms with Crippen LogP contribution in [-0.4, -0.2) is 38.7 Å². The van der Waals surface area contributed by atoms with Crippen LogP contribution in [0.2, 0.25) is 0 Å². The van der Waals surface area contributed by atoms with Crippen molar-refractivity contribution in [3.63, 3.8) is 0 Å². The monoisotopic (exact) mass is 305 g/mol. The highest BCUT2D eigenvalue weighted by Gasteiger charge is 2.38. The summed E-state index contributed by atoms with van der Waals surface area (Å²) in [5.41, 5.74) is -0.438. The Morgan fingerprint density at radius 3 is 2.74 bits per heavy atom. The van der Waals surface area contributed by atoms with E-state index in [1.54, 1.807) is 7.11 Å². The summed E-state index contributed by atoms with van der Waals surface area (Å²) < 4.78 is 32.0. The van der Waals surface area contributed by atoms with Crippen LogP contribution in [0, 0.1) is 0 Å². The van der Waals surface area contributed by atoms with Crippen molar-refractivity contribution in [1.29, 1.82) is 0 Å². The van der Waals surface area contributed by atoms with Crippen molar-refractivity contribution >= 4 is 27.3 Å². The maximum Gasteiger partial charge on any atom is 0.347 e. The maximum atomic E-state index is 12.1. The fourth-order valence-corrected chi connectivity index (χ4v) is 4.37. The number of hydrogen-bond acceptors (Lipinski definition) is 5. The minimum absolute atomic E-state index is 0.167. The number of carbonyl (C=O) groups is 1. The van der Waals surface area contributed by atoms with Crippen LogP contribution >= 0.6 is 11.3 Å². The number of methoxy groups -OCH3 is 1. The lowest BCUT2D eigenvalue weighted by molar-refractivity contribution is -0.0659.